The third kappa shape index (κ3) is 3.72. The van der Waals surface area contributed by atoms with E-state index in [0.29, 0.717) is 6.04 Å². The third-order valence-corrected chi connectivity index (χ3v) is 6.34. The number of nitrogen functional groups attached to an aromatic ring is 1. The number of methoxy groups -OCH3 is 1. The lowest BCUT2D eigenvalue weighted by atomic mass is 9.86. The van der Waals surface area contributed by atoms with Gasteiger partial charge in [-0.1, -0.05) is 0 Å². The number of nitrogens with two attached hydrogens (primary N) is 1. The molecule has 2 aromatic rings. The van der Waals surface area contributed by atoms with E-state index in [-0.39, 0.29) is 5.95 Å². The molecular formula is C20H28N8O. The molecule has 1 saturated carbocycles. The van der Waals surface area contributed by atoms with Gasteiger partial charge in [-0.25, -0.2) is 15.0 Å². The molecule has 9 nitrogen and oxygen atoms in total. The first kappa shape index (κ1) is 18.5. The van der Waals surface area contributed by atoms with E-state index >= 15 is 0 Å². The summed E-state index contributed by atoms with van der Waals surface area (Å²) >= 11 is 0. The van der Waals surface area contributed by atoms with Gasteiger partial charge in [0, 0.05) is 76.4 Å². The number of hydrogen-bond acceptors (Lipinski definition) is 9. The Balaban J connectivity index is 1.41. The molecule has 154 valence electrons. The second-order valence-electron chi connectivity index (χ2n) is 8.21. The molecule has 29 heavy (non-hydrogen) atoms. The van der Waals surface area contributed by atoms with Gasteiger partial charge in [0.2, 0.25) is 11.9 Å². The number of ether oxygens (including phenoxy) is 1. The Morgan fingerprint density at radius 3 is 2.52 bits per heavy atom. The van der Waals surface area contributed by atoms with Crippen molar-refractivity contribution < 1.29 is 4.74 Å². The number of piperazine rings is 1. The van der Waals surface area contributed by atoms with Crippen LogP contribution in [0.3, 0.4) is 0 Å². The lowest BCUT2D eigenvalue weighted by Gasteiger charge is -2.35. The predicted molar refractivity (Wildman–Crippen MR) is 112 cm³/mol. The summed E-state index contributed by atoms with van der Waals surface area (Å²) in [6.07, 6.45) is 6.02. The number of fused-ring (bicyclic) bond motifs is 1. The van der Waals surface area contributed by atoms with Crippen LogP contribution in [-0.4, -0.2) is 83.9 Å². The van der Waals surface area contributed by atoms with Crippen LogP contribution >= 0.6 is 0 Å². The van der Waals surface area contributed by atoms with E-state index in [1.165, 1.54) is 12.8 Å². The van der Waals surface area contributed by atoms with Crippen molar-refractivity contribution >= 4 is 17.7 Å². The summed E-state index contributed by atoms with van der Waals surface area (Å²) in [4.78, 5) is 25.3. The highest BCUT2D eigenvalue weighted by atomic mass is 16.5. The molecule has 0 spiro atoms. The molecule has 0 unspecified atom stereocenters. The van der Waals surface area contributed by atoms with Crippen LogP contribution in [0.4, 0.5) is 17.7 Å². The van der Waals surface area contributed by atoms with E-state index in [2.05, 4.69) is 30.7 Å². The van der Waals surface area contributed by atoms with E-state index in [9.17, 15) is 0 Å². The molecule has 2 bridgehead atoms. The number of nitrogens with zero attached hydrogens (tertiary/aromatic N) is 7. The topological polar surface area (TPSA) is 96.5 Å². The van der Waals surface area contributed by atoms with Crippen molar-refractivity contribution in [2.75, 3.05) is 68.5 Å². The van der Waals surface area contributed by atoms with Gasteiger partial charge < -0.3 is 20.3 Å². The lowest BCUT2D eigenvalue weighted by Crippen LogP contribution is -2.47. The Labute approximate surface area is 170 Å². The summed E-state index contributed by atoms with van der Waals surface area (Å²) in [6, 6.07) is 2.65. The molecule has 5 heterocycles. The lowest BCUT2D eigenvalue weighted by molar-refractivity contribution is 0.144. The van der Waals surface area contributed by atoms with Gasteiger partial charge in [-0.2, -0.15) is 4.98 Å². The second kappa shape index (κ2) is 7.72. The fourth-order valence-electron chi connectivity index (χ4n) is 4.53. The number of anilines is 3. The molecule has 9 heteroatoms. The van der Waals surface area contributed by atoms with Crippen LogP contribution in [0.2, 0.25) is 0 Å². The SMILES string of the molecule is COCCN1CCN(c2cc(-c3cnc(N)nc3)nc(N3CC4CC3C4)n2)CC1. The molecule has 0 aromatic carbocycles. The predicted octanol–water partition coefficient (Wildman–Crippen LogP) is 0.883. The molecule has 4 fully saturated rings. The van der Waals surface area contributed by atoms with Crippen LogP contribution in [0.15, 0.2) is 18.5 Å². The van der Waals surface area contributed by atoms with E-state index < -0.39 is 0 Å². The monoisotopic (exact) mass is 396 g/mol. The van der Waals surface area contributed by atoms with Gasteiger partial charge in [-0.15, -0.1) is 0 Å². The fourth-order valence-corrected chi connectivity index (χ4v) is 4.53. The standard InChI is InChI=1S/C20H28N8O/c1-29-7-6-26-2-4-27(5-3-26)18-10-17(15-11-22-19(21)23-12-15)24-20(25-18)28-13-14-8-16(28)9-14/h10-12,14,16H,2-9,13H2,1H3,(H2,21,22,23). The molecule has 4 aliphatic rings. The minimum Gasteiger partial charge on any atom is -0.383 e. The minimum absolute atomic E-state index is 0.274. The zero-order valence-electron chi connectivity index (χ0n) is 16.9. The van der Waals surface area contributed by atoms with Crippen LogP contribution in [-0.2, 0) is 4.74 Å². The van der Waals surface area contributed by atoms with Gasteiger partial charge in [0.1, 0.15) is 5.82 Å². The maximum atomic E-state index is 5.67. The van der Waals surface area contributed by atoms with Crippen molar-refractivity contribution in [1.29, 1.82) is 0 Å². The molecule has 0 radical (unpaired) electrons. The maximum Gasteiger partial charge on any atom is 0.228 e. The highest BCUT2D eigenvalue weighted by molar-refractivity contribution is 5.64. The van der Waals surface area contributed by atoms with Crippen molar-refractivity contribution in [1.82, 2.24) is 24.8 Å². The maximum absolute atomic E-state index is 5.67. The van der Waals surface area contributed by atoms with E-state index in [1.807, 2.05) is 0 Å². The zero-order chi connectivity index (χ0) is 19.8. The van der Waals surface area contributed by atoms with Gasteiger partial charge in [-0.05, 0) is 18.8 Å². The molecule has 0 amide bonds. The van der Waals surface area contributed by atoms with Crippen LogP contribution < -0.4 is 15.5 Å². The Hall–Kier alpha value is -2.52. The average molecular weight is 396 g/mol. The first-order valence-electron chi connectivity index (χ1n) is 10.4. The molecular weight excluding hydrogens is 368 g/mol. The fraction of sp³-hybridized carbons (Fsp3) is 0.600. The quantitative estimate of drug-likeness (QED) is 0.763. The molecule has 3 aliphatic heterocycles. The molecule has 1 aliphatic carbocycles. The van der Waals surface area contributed by atoms with Crippen LogP contribution in [0.5, 0.6) is 0 Å². The largest absolute Gasteiger partial charge is 0.383 e. The molecule has 0 atom stereocenters. The smallest absolute Gasteiger partial charge is 0.228 e. The minimum atomic E-state index is 0.274. The molecule has 2 aromatic heterocycles. The first-order valence-corrected chi connectivity index (χ1v) is 10.4. The summed E-state index contributed by atoms with van der Waals surface area (Å²) in [5.41, 5.74) is 7.39. The zero-order valence-corrected chi connectivity index (χ0v) is 16.9. The van der Waals surface area contributed by atoms with Gasteiger partial charge in [-0.3, -0.25) is 4.90 Å². The highest BCUT2D eigenvalue weighted by Crippen LogP contribution is 2.42. The molecule has 2 N–H and O–H groups in total. The Kier molecular flexibility index (Phi) is 4.92. The van der Waals surface area contributed by atoms with Gasteiger partial charge in [0.15, 0.2) is 0 Å². The van der Waals surface area contributed by atoms with Crippen LogP contribution in [0.1, 0.15) is 12.8 Å². The summed E-state index contributed by atoms with van der Waals surface area (Å²) < 4.78 is 5.21. The van der Waals surface area contributed by atoms with Crippen molar-refractivity contribution in [3.63, 3.8) is 0 Å². The van der Waals surface area contributed by atoms with Crippen molar-refractivity contribution in [2.45, 2.75) is 18.9 Å². The summed E-state index contributed by atoms with van der Waals surface area (Å²) in [5, 5.41) is 0. The van der Waals surface area contributed by atoms with Gasteiger partial charge >= 0.3 is 0 Å². The van der Waals surface area contributed by atoms with Gasteiger partial charge in [0.05, 0.1) is 12.3 Å². The number of rotatable bonds is 6. The van der Waals surface area contributed by atoms with Crippen LogP contribution in [0.25, 0.3) is 11.3 Å². The van der Waals surface area contributed by atoms with Crippen LogP contribution in [0, 0.1) is 5.92 Å². The van der Waals surface area contributed by atoms with Gasteiger partial charge in [0.25, 0.3) is 0 Å². The average Bonchev–Trinajstić information content (AvgIpc) is 3.34. The summed E-state index contributed by atoms with van der Waals surface area (Å²) in [7, 11) is 1.75. The first-order chi connectivity index (χ1) is 14.2. The van der Waals surface area contributed by atoms with Crippen molar-refractivity contribution in [3.05, 3.63) is 18.5 Å². The number of hydrogen-bond donors (Lipinski definition) is 1. The Bertz CT molecular complexity index is 846. The summed E-state index contributed by atoms with van der Waals surface area (Å²) in [6.45, 7) is 6.74. The number of aromatic nitrogens is 4. The Morgan fingerprint density at radius 1 is 1.10 bits per heavy atom. The van der Waals surface area contributed by atoms with E-state index in [0.717, 1.165) is 74.8 Å². The Morgan fingerprint density at radius 2 is 1.86 bits per heavy atom. The highest BCUT2D eigenvalue weighted by Gasteiger charge is 2.44. The molecule has 3 saturated heterocycles. The van der Waals surface area contributed by atoms with Crippen molar-refractivity contribution in [3.8, 4) is 11.3 Å². The third-order valence-electron chi connectivity index (χ3n) is 6.34. The van der Waals surface area contributed by atoms with E-state index in [1.54, 1.807) is 19.5 Å². The molecule has 6 rings (SSSR count). The van der Waals surface area contributed by atoms with E-state index in [4.69, 9.17) is 20.4 Å². The second-order valence-corrected chi connectivity index (χ2v) is 8.21. The van der Waals surface area contributed by atoms with Crippen molar-refractivity contribution in [2.24, 2.45) is 5.92 Å². The summed E-state index contributed by atoms with van der Waals surface area (Å²) in [5.74, 6) is 2.90. The normalized spacial score (nSPS) is 24.0.